The van der Waals surface area contributed by atoms with Crippen LogP contribution in [0.2, 0.25) is 0 Å². The molecule has 2 rings (SSSR count). The molecule has 134 valence electrons. The van der Waals surface area contributed by atoms with Crippen molar-refractivity contribution < 1.29 is 22.7 Å². The molecule has 0 aliphatic carbocycles. The molecule has 0 aliphatic heterocycles. The van der Waals surface area contributed by atoms with Gasteiger partial charge in [0, 0.05) is 13.0 Å². The highest BCUT2D eigenvalue weighted by atomic mass is 19.4. The van der Waals surface area contributed by atoms with Gasteiger partial charge in [-0.15, -0.1) is 0 Å². The van der Waals surface area contributed by atoms with E-state index in [1.807, 2.05) is 31.2 Å². The van der Waals surface area contributed by atoms with Crippen molar-refractivity contribution >= 4 is 5.91 Å². The molecule has 0 aromatic heterocycles. The van der Waals surface area contributed by atoms with Gasteiger partial charge in [-0.25, -0.2) is 0 Å². The number of hydrogen-bond donors (Lipinski definition) is 1. The summed E-state index contributed by atoms with van der Waals surface area (Å²) in [6.45, 7) is 2.58. The molecule has 25 heavy (non-hydrogen) atoms. The first kappa shape index (κ1) is 18.8. The van der Waals surface area contributed by atoms with E-state index in [-0.39, 0.29) is 18.9 Å². The van der Waals surface area contributed by atoms with Crippen LogP contribution in [0.3, 0.4) is 0 Å². The average Bonchev–Trinajstić information content (AvgIpc) is 2.59. The van der Waals surface area contributed by atoms with Gasteiger partial charge in [0.15, 0.2) is 0 Å². The van der Waals surface area contributed by atoms with Gasteiger partial charge in [-0.2, -0.15) is 13.2 Å². The summed E-state index contributed by atoms with van der Waals surface area (Å²) in [5.74, 6) is 0.576. The second kappa shape index (κ2) is 8.55. The number of alkyl halides is 3. The van der Waals surface area contributed by atoms with Crippen LogP contribution < -0.4 is 10.1 Å². The molecule has 1 amide bonds. The summed E-state index contributed by atoms with van der Waals surface area (Å²) in [5.41, 5.74) is 0.704. The molecule has 0 bridgehead atoms. The maximum atomic E-state index is 12.7. The van der Waals surface area contributed by atoms with E-state index >= 15 is 0 Å². The minimum absolute atomic E-state index is 0.0754. The summed E-state index contributed by atoms with van der Waals surface area (Å²) in [5, 5.41) is 2.65. The van der Waals surface area contributed by atoms with Crippen molar-refractivity contribution in [1.82, 2.24) is 5.32 Å². The summed E-state index contributed by atoms with van der Waals surface area (Å²) >= 11 is 0. The molecule has 1 N–H and O–H groups in total. The van der Waals surface area contributed by atoms with Gasteiger partial charge in [0.1, 0.15) is 5.75 Å². The Morgan fingerprint density at radius 3 is 2.44 bits per heavy atom. The fourth-order valence-electron chi connectivity index (χ4n) is 2.32. The van der Waals surface area contributed by atoms with Crippen molar-refractivity contribution in [2.24, 2.45) is 0 Å². The number of halogens is 3. The topological polar surface area (TPSA) is 38.3 Å². The number of benzene rings is 2. The third kappa shape index (κ3) is 6.14. The van der Waals surface area contributed by atoms with Gasteiger partial charge in [-0.1, -0.05) is 24.3 Å². The molecule has 0 unspecified atom stereocenters. The summed E-state index contributed by atoms with van der Waals surface area (Å²) in [6, 6.07) is 12.4. The minimum Gasteiger partial charge on any atom is -0.494 e. The van der Waals surface area contributed by atoms with Gasteiger partial charge in [-0.05, 0) is 48.7 Å². The Labute approximate surface area is 144 Å². The Balaban J connectivity index is 1.81. The quantitative estimate of drug-likeness (QED) is 0.805. The molecule has 3 nitrogen and oxygen atoms in total. The Hall–Kier alpha value is -2.50. The molecule has 6 heteroatoms. The molecule has 0 spiro atoms. The van der Waals surface area contributed by atoms with Crippen LogP contribution in [0.15, 0.2) is 48.5 Å². The second-order valence-corrected chi connectivity index (χ2v) is 5.55. The lowest BCUT2D eigenvalue weighted by atomic mass is 10.1. The van der Waals surface area contributed by atoms with Crippen LogP contribution in [0, 0.1) is 0 Å². The highest BCUT2D eigenvalue weighted by molar-refractivity contribution is 5.76. The molecule has 0 atom stereocenters. The van der Waals surface area contributed by atoms with Crippen LogP contribution in [0.5, 0.6) is 5.75 Å². The normalized spacial score (nSPS) is 11.2. The third-order valence-corrected chi connectivity index (χ3v) is 3.62. The van der Waals surface area contributed by atoms with Gasteiger partial charge in [-0.3, -0.25) is 4.79 Å². The van der Waals surface area contributed by atoms with E-state index < -0.39 is 11.7 Å². The van der Waals surface area contributed by atoms with Crippen molar-refractivity contribution in [3.05, 3.63) is 65.2 Å². The molecule has 0 aliphatic rings. The monoisotopic (exact) mass is 351 g/mol. The number of nitrogens with one attached hydrogen (secondary N) is 1. The molecule has 0 saturated carbocycles. The Morgan fingerprint density at radius 2 is 1.80 bits per heavy atom. The number of ether oxygens (including phenoxy) is 1. The van der Waals surface area contributed by atoms with Crippen molar-refractivity contribution in [2.45, 2.75) is 32.5 Å². The predicted molar refractivity (Wildman–Crippen MR) is 89.2 cm³/mol. The SMILES string of the molecule is CCOc1ccc(CCC(=O)NCc2cccc(C(F)(F)F)c2)cc1. The standard InChI is InChI=1S/C19H20F3NO2/c1-2-25-17-9-6-14(7-10-17)8-11-18(24)23-13-15-4-3-5-16(12-15)19(20,21)22/h3-7,9-10,12H,2,8,11,13H2,1H3,(H,23,24). The maximum Gasteiger partial charge on any atom is 0.416 e. The Bertz CT molecular complexity index is 697. The van der Waals surface area contributed by atoms with Crippen LogP contribution in [-0.4, -0.2) is 12.5 Å². The van der Waals surface area contributed by atoms with Gasteiger partial charge in [0.2, 0.25) is 5.91 Å². The summed E-state index contributed by atoms with van der Waals surface area (Å²) in [6.07, 6.45) is -3.55. The highest BCUT2D eigenvalue weighted by Gasteiger charge is 2.30. The second-order valence-electron chi connectivity index (χ2n) is 5.55. The van der Waals surface area contributed by atoms with Crippen molar-refractivity contribution in [3.63, 3.8) is 0 Å². The lowest BCUT2D eigenvalue weighted by Crippen LogP contribution is -2.23. The molecule has 2 aromatic carbocycles. The number of carbonyl (C=O) groups is 1. The molecule has 0 fully saturated rings. The molecule has 0 heterocycles. The highest BCUT2D eigenvalue weighted by Crippen LogP contribution is 2.29. The van der Waals surface area contributed by atoms with E-state index in [4.69, 9.17) is 4.74 Å². The summed E-state index contributed by atoms with van der Waals surface area (Å²) in [4.78, 5) is 11.9. The van der Waals surface area contributed by atoms with Crippen molar-refractivity contribution in [2.75, 3.05) is 6.61 Å². The zero-order valence-corrected chi connectivity index (χ0v) is 13.9. The Kier molecular flexibility index (Phi) is 6.44. The van der Waals surface area contributed by atoms with Crippen LogP contribution >= 0.6 is 0 Å². The number of aryl methyl sites for hydroxylation is 1. The predicted octanol–water partition coefficient (Wildman–Crippen LogP) is 4.35. The molecule has 0 radical (unpaired) electrons. The van der Waals surface area contributed by atoms with Crippen molar-refractivity contribution in [1.29, 1.82) is 0 Å². The van der Waals surface area contributed by atoms with E-state index in [2.05, 4.69) is 5.32 Å². The first-order valence-corrected chi connectivity index (χ1v) is 8.03. The summed E-state index contributed by atoms with van der Waals surface area (Å²) in [7, 11) is 0. The number of carbonyl (C=O) groups excluding carboxylic acids is 1. The Morgan fingerprint density at radius 1 is 1.08 bits per heavy atom. The fourth-order valence-corrected chi connectivity index (χ4v) is 2.32. The van der Waals surface area contributed by atoms with Gasteiger partial charge in [0.25, 0.3) is 0 Å². The van der Waals surface area contributed by atoms with Gasteiger partial charge >= 0.3 is 6.18 Å². The number of hydrogen-bond acceptors (Lipinski definition) is 2. The molecule has 0 saturated heterocycles. The zero-order chi connectivity index (χ0) is 18.3. The van der Waals surface area contributed by atoms with Gasteiger partial charge in [0.05, 0.1) is 12.2 Å². The first-order chi connectivity index (χ1) is 11.9. The number of amides is 1. The van der Waals surface area contributed by atoms with E-state index in [0.717, 1.165) is 23.4 Å². The van der Waals surface area contributed by atoms with Gasteiger partial charge < -0.3 is 10.1 Å². The largest absolute Gasteiger partial charge is 0.494 e. The molecular weight excluding hydrogens is 331 g/mol. The van der Waals surface area contributed by atoms with Crippen LogP contribution in [0.4, 0.5) is 13.2 Å². The van der Waals surface area contributed by atoms with E-state index in [1.165, 1.54) is 6.07 Å². The van der Waals surface area contributed by atoms with Crippen LogP contribution in [0.1, 0.15) is 30.0 Å². The van der Waals surface area contributed by atoms with Crippen LogP contribution in [-0.2, 0) is 23.9 Å². The van der Waals surface area contributed by atoms with Crippen LogP contribution in [0.25, 0.3) is 0 Å². The maximum absolute atomic E-state index is 12.7. The summed E-state index contributed by atoms with van der Waals surface area (Å²) < 4.78 is 43.3. The molecular formula is C19H20F3NO2. The third-order valence-electron chi connectivity index (χ3n) is 3.62. The van der Waals surface area contributed by atoms with E-state index in [0.29, 0.717) is 18.6 Å². The minimum atomic E-state index is -4.38. The first-order valence-electron chi connectivity index (χ1n) is 8.03. The van der Waals surface area contributed by atoms with E-state index in [9.17, 15) is 18.0 Å². The number of rotatable bonds is 7. The smallest absolute Gasteiger partial charge is 0.416 e. The lowest BCUT2D eigenvalue weighted by molar-refractivity contribution is -0.137. The van der Waals surface area contributed by atoms with E-state index in [1.54, 1.807) is 6.07 Å². The average molecular weight is 351 g/mol. The fraction of sp³-hybridized carbons (Fsp3) is 0.316. The lowest BCUT2D eigenvalue weighted by Gasteiger charge is -2.10. The zero-order valence-electron chi connectivity index (χ0n) is 13.9. The van der Waals surface area contributed by atoms with Crippen molar-refractivity contribution in [3.8, 4) is 5.75 Å². The molecule has 2 aromatic rings.